The second kappa shape index (κ2) is 6.72. The minimum absolute atomic E-state index is 0.0222. The molecule has 1 N–H and O–H groups in total. The maximum Gasteiger partial charge on any atom is 0.226 e. The van der Waals surface area contributed by atoms with Crippen LogP contribution in [-0.2, 0) is 22.6 Å². The van der Waals surface area contributed by atoms with Gasteiger partial charge in [0.05, 0.1) is 18.2 Å². The zero-order valence-electron chi connectivity index (χ0n) is 14.0. The van der Waals surface area contributed by atoms with Gasteiger partial charge >= 0.3 is 0 Å². The van der Waals surface area contributed by atoms with Gasteiger partial charge in [0, 0.05) is 32.3 Å². The number of carbonyl (C=O) groups excluding carboxylic acids is 2. The molecule has 3 rings (SSSR count). The minimum Gasteiger partial charge on any atom is -0.355 e. The monoisotopic (exact) mass is 318 g/mol. The lowest BCUT2D eigenvalue weighted by molar-refractivity contribution is -0.134. The molecule has 126 valence electrons. The van der Waals surface area contributed by atoms with Crippen LogP contribution in [0.15, 0.2) is 6.20 Å². The van der Waals surface area contributed by atoms with Crippen molar-refractivity contribution in [1.29, 1.82) is 0 Å². The van der Waals surface area contributed by atoms with Crippen LogP contribution in [0.1, 0.15) is 57.1 Å². The first-order valence-electron chi connectivity index (χ1n) is 8.70. The molecule has 6 heteroatoms. The Morgan fingerprint density at radius 2 is 2.13 bits per heavy atom. The van der Waals surface area contributed by atoms with E-state index in [0.717, 1.165) is 37.6 Å². The molecule has 1 atom stereocenters. The van der Waals surface area contributed by atoms with Crippen LogP contribution in [-0.4, -0.2) is 39.4 Å². The molecular formula is C17H26N4O2. The van der Waals surface area contributed by atoms with Crippen molar-refractivity contribution in [3.8, 4) is 0 Å². The highest BCUT2D eigenvalue weighted by atomic mass is 16.2. The molecule has 0 spiro atoms. The first kappa shape index (κ1) is 16.0. The highest BCUT2D eigenvalue weighted by Gasteiger charge is 2.29. The number of aromatic nitrogens is 2. The lowest BCUT2D eigenvalue weighted by Crippen LogP contribution is -2.40. The van der Waals surface area contributed by atoms with Gasteiger partial charge in [0.25, 0.3) is 0 Å². The topological polar surface area (TPSA) is 67.2 Å². The first-order valence-corrected chi connectivity index (χ1v) is 8.70. The molecule has 2 amide bonds. The highest BCUT2D eigenvalue weighted by molar-refractivity contribution is 5.78. The van der Waals surface area contributed by atoms with Crippen LogP contribution in [0.3, 0.4) is 0 Å². The molecule has 1 fully saturated rings. The number of hydrogen-bond acceptors (Lipinski definition) is 3. The number of rotatable bonds is 6. The fraction of sp³-hybridized carbons (Fsp3) is 0.706. The second-order valence-electron chi connectivity index (χ2n) is 6.72. The molecule has 1 aromatic rings. The van der Waals surface area contributed by atoms with E-state index in [1.807, 2.05) is 24.9 Å². The van der Waals surface area contributed by atoms with Gasteiger partial charge in [-0.25, -0.2) is 4.98 Å². The molecular weight excluding hydrogens is 292 g/mol. The molecule has 0 aromatic carbocycles. The second-order valence-corrected chi connectivity index (χ2v) is 6.72. The summed E-state index contributed by atoms with van der Waals surface area (Å²) in [4.78, 5) is 30.7. The SMILES string of the molecule is CCCC(=O)N1CCn2cc(CC(=O)NCC3CC3)nc2[C@H]1C. The Balaban J connectivity index is 1.62. The van der Waals surface area contributed by atoms with Gasteiger partial charge in [0.2, 0.25) is 11.8 Å². The lowest BCUT2D eigenvalue weighted by Gasteiger charge is -2.33. The molecule has 0 saturated heterocycles. The van der Waals surface area contributed by atoms with Crippen molar-refractivity contribution in [2.75, 3.05) is 13.1 Å². The van der Waals surface area contributed by atoms with Crippen molar-refractivity contribution in [3.63, 3.8) is 0 Å². The van der Waals surface area contributed by atoms with Crippen LogP contribution in [0.2, 0.25) is 0 Å². The number of amides is 2. The standard InChI is InChI=1S/C17H26N4O2/c1-3-4-16(23)21-8-7-20-11-14(19-17(20)12(21)2)9-15(22)18-10-13-5-6-13/h11-13H,3-10H2,1-2H3,(H,18,22)/t12-/m1/s1. The van der Waals surface area contributed by atoms with Gasteiger partial charge in [-0.3, -0.25) is 9.59 Å². The van der Waals surface area contributed by atoms with E-state index >= 15 is 0 Å². The van der Waals surface area contributed by atoms with E-state index in [9.17, 15) is 9.59 Å². The first-order chi connectivity index (χ1) is 11.1. The van der Waals surface area contributed by atoms with Gasteiger partial charge in [-0.1, -0.05) is 6.92 Å². The molecule has 1 aromatic heterocycles. The number of fused-ring (bicyclic) bond motifs is 1. The molecule has 0 bridgehead atoms. The molecule has 2 aliphatic rings. The Hall–Kier alpha value is -1.85. The third-order valence-corrected chi connectivity index (χ3v) is 4.69. The van der Waals surface area contributed by atoms with Gasteiger partial charge in [-0.05, 0) is 32.1 Å². The van der Waals surface area contributed by atoms with Crippen LogP contribution in [0.4, 0.5) is 0 Å². The average Bonchev–Trinajstić information content (AvgIpc) is 3.25. The quantitative estimate of drug-likeness (QED) is 0.867. The van der Waals surface area contributed by atoms with Crippen molar-refractivity contribution >= 4 is 11.8 Å². The minimum atomic E-state index is -0.0222. The van der Waals surface area contributed by atoms with E-state index < -0.39 is 0 Å². The van der Waals surface area contributed by atoms with Gasteiger partial charge in [-0.2, -0.15) is 0 Å². The molecule has 1 saturated carbocycles. The Morgan fingerprint density at radius 3 is 2.83 bits per heavy atom. The van der Waals surface area contributed by atoms with Gasteiger partial charge in [0.15, 0.2) is 0 Å². The van der Waals surface area contributed by atoms with Crippen molar-refractivity contribution in [3.05, 3.63) is 17.7 Å². The van der Waals surface area contributed by atoms with E-state index in [1.54, 1.807) is 0 Å². The molecule has 1 aliphatic heterocycles. The predicted molar refractivity (Wildman–Crippen MR) is 86.7 cm³/mol. The van der Waals surface area contributed by atoms with Crippen molar-refractivity contribution in [1.82, 2.24) is 19.8 Å². The number of imidazole rings is 1. The number of carbonyl (C=O) groups is 2. The Bertz CT molecular complexity index is 591. The molecule has 2 heterocycles. The molecule has 1 aliphatic carbocycles. The molecule has 0 radical (unpaired) electrons. The average molecular weight is 318 g/mol. The summed E-state index contributed by atoms with van der Waals surface area (Å²) in [5.74, 6) is 1.81. The molecule has 0 unspecified atom stereocenters. The van der Waals surface area contributed by atoms with Crippen molar-refractivity contribution in [2.45, 2.75) is 58.5 Å². The van der Waals surface area contributed by atoms with Crippen molar-refractivity contribution in [2.24, 2.45) is 5.92 Å². The van der Waals surface area contributed by atoms with Crippen LogP contribution in [0.5, 0.6) is 0 Å². The summed E-state index contributed by atoms with van der Waals surface area (Å²) >= 11 is 0. The molecule has 6 nitrogen and oxygen atoms in total. The maximum absolute atomic E-state index is 12.2. The third kappa shape index (κ3) is 3.74. The summed E-state index contributed by atoms with van der Waals surface area (Å²) in [7, 11) is 0. The summed E-state index contributed by atoms with van der Waals surface area (Å²) in [6, 6.07) is -0.0222. The van der Waals surface area contributed by atoms with E-state index in [0.29, 0.717) is 18.8 Å². The largest absolute Gasteiger partial charge is 0.355 e. The van der Waals surface area contributed by atoms with Gasteiger partial charge < -0.3 is 14.8 Å². The summed E-state index contributed by atoms with van der Waals surface area (Å²) < 4.78 is 2.09. The summed E-state index contributed by atoms with van der Waals surface area (Å²) in [6.45, 7) is 6.30. The normalized spacial score (nSPS) is 20.3. The van der Waals surface area contributed by atoms with E-state index in [2.05, 4.69) is 14.9 Å². The van der Waals surface area contributed by atoms with Crippen LogP contribution < -0.4 is 5.32 Å². The van der Waals surface area contributed by atoms with E-state index in [-0.39, 0.29) is 17.9 Å². The van der Waals surface area contributed by atoms with Crippen molar-refractivity contribution < 1.29 is 9.59 Å². The zero-order chi connectivity index (χ0) is 16.4. The van der Waals surface area contributed by atoms with Crippen LogP contribution in [0, 0.1) is 5.92 Å². The van der Waals surface area contributed by atoms with Crippen LogP contribution in [0.25, 0.3) is 0 Å². The Labute approximate surface area is 137 Å². The fourth-order valence-electron chi connectivity index (χ4n) is 3.14. The molecule has 23 heavy (non-hydrogen) atoms. The van der Waals surface area contributed by atoms with Gasteiger partial charge in [-0.15, -0.1) is 0 Å². The summed E-state index contributed by atoms with van der Waals surface area (Å²) in [5, 5.41) is 2.98. The lowest BCUT2D eigenvalue weighted by atomic mass is 10.2. The number of hydrogen-bond donors (Lipinski definition) is 1. The predicted octanol–water partition coefficient (Wildman–Crippen LogP) is 1.66. The van der Waals surface area contributed by atoms with E-state index in [4.69, 9.17) is 0 Å². The van der Waals surface area contributed by atoms with E-state index in [1.165, 1.54) is 12.8 Å². The Morgan fingerprint density at radius 1 is 1.35 bits per heavy atom. The summed E-state index contributed by atoms with van der Waals surface area (Å²) in [6.07, 6.45) is 6.20. The van der Waals surface area contributed by atoms with Crippen LogP contribution >= 0.6 is 0 Å². The number of nitrogens with zero attached hydrogens (tertiary/aromatic N) is 3. The Kier molecular flexibility index (Phi) is 4.68. The third-order valence-electron chi connectivity index (χ3n) is 4.69. The van der Waals surface area contributed by atoms with Gasteiger partial charge in [0.1, 0.15) is 5.82 Å². The highest BCUT2D eigenvalue weighted by Crippen LogP contribution is 2.28. The number of nitrogens with one attached hydrogen (secondary N) is 1. The maximum atomic E-state index is 12.2. The zero-order valence-corrected chi connectivity index (χ0v) is 14.0. The smallest absolute Gasteiger partial charge is 0.226 e. The fourth-order valence-corrected chi connectivity index (χ4v) is 3.14. The summed E-state index contributed by atoms with van der Waals surface area (Å²) in [5.41, 5.74) is 0.796.